The minimum atomic E-state index is -0.129. The van der Waals surface area contributed by atoms with E-state index in [1.54, 1.807) is 7.11 Å². The van der Waals surface area contributed by atoms with E-state index in [4.69, 9.17) is 9.47 Å². The highest BCUT2D eigenvalue weighted by molar-refractivity contribution is 5.74. The topological polar surface area (TPSA) is 59.6 Å². The maximum atomic E-state index is 11.8. The summed E-state index contributed by atoms with van der Waals surface area (Å²) in [6, 6.07) is 5.61. The van der Waals surface area contributed by atoms with Gasteiger partial charge in [0.2, 0.25) is 0 Å². The van der Waals surface area contributed by atoms with Crippen molar-refractivity contribution >= 4 is 6.03 Å². The monoisotopic (exact) mass is 292 g/mol. The molecule has 0 bridgehead atoms. The van der Waals surface area contributed by atoms with Gasteiger partial charge < -0.3 is 20.1 Å². The molecule has 0 aliphatic carbocycles. The van der Waals surface area contributed by atoms with Gasteiger partial charge in [-0.05, 0) is 42.5 Å². The maximum Gasteiger partial charge on any atom is 0.315 e. The van der Waals surface area contributed by atoms with Crippen LogP contribution in [0.2, 0.25) is 0 Å². The molecule has 0 unspecified atom stereocenters. The summed E-state index contributed by atoms with van der Waals surface area (Å²) < 4.78 is 10.9. The van der Waals surface area contributed by atoms with Crippen LogP contribution in [0.4, 0.5) is 4.79 Å². The van der Waals surface area contributed by atoms with Crippen LogP contribution in [0.15, 0.2) is 18.2 Å². The van der Waals surface area contributed by atoms with Crippen molar-refractivity contribution in [2.24, 2.45) is 5.92 Å². The fourth-order valence-electron chi connectivity index (χ4n) is 2.30. The molecular formula is C16H24N2O3. The molecule has 1 atom stereocenters. The van der Waals surface area contributed by atoms with Crippen molar-refractivity contribution in [3.63, 3.8) is 0 Å². The number of hydrogen-bond donors (Lipinski definition) is 2. The molecule has 5 nitrogen and oxygen atoms in total. The fourth-order valence-corrected chi connectivity index (χ4v) is 2.30. The van der Waals surface area contributed by atoms with Crippen molar-refractivity contribution in [2.45, 2.75) is 32.7 Å². The van der Waals surface area contributed by atoms with Crippen molar-refractivity contribution < 1.29 is 14.3 Å². The Labute approximate surface area is 126 Å². The van der Waals surface area contributed by atoms with Crippen LogP contribution in [0.25, 0.3) is 0 Å². The van der Waals surface area contributed by atoms with Crippen LogP contribution in [-0.4, -0.2) is 32.3 Å². The predicted molar refractivity (Wildman–Crippen MR) is 82.0 cm³/mol. The summed E-state index contributed by atoms with van der Waals surface area (Å²) in [6.45, 7) is 5.47. The van der Waals surface area contributed by atoms with E-state index in [-0.39, 0.29) is 12.1 Å². The quantitative estimate of drug-likeness (QED) is 0.875. The Kier molecular flexibility index (Phi) is 5.31. The first-order chi connectivity index (χ1) is 10.1. The zero-order valence-corrected chi connectivity index (χ0v) is 12.9. The third-order valence-corrected chi connectivity index (χ3v) is 3.52. The number of nitrogens with one attached hydrogen (secondary N) is 2. The lowest BCUT2D eigenvalue weighted by atomic mass is 10.0. The molecule has 0 saturated carbocycles. The van der Waals surface area contributed by atoms with Crippen LogP contribution in [0.1, 0.15) is 25.8 Å². The van der Waals surface area contributed by atoms with Crippen LogP contribution in [0.5, 0.6) is 11.5 Å². The molecule has 2 rings (SSSR count). The van der Waals surface area contributed by atoms with Crippen LogP contribution in [0.3, 0.4) is 0 Å². The highest BCUT2D eigenvalue weighted by Gasteiger charge is 2.21. The molecule has 1 heterocycles. The van der Waals surface area contributed by atoms with E-state index in [1.807, 2.05) is 18.2 Å². The van der Waals surface area contributed by atoms with Gasteiger partial charge >= 0.3 is 6.03 Å². The molecule has 1 aliphatic heterocycles. The van der Waals surface area contributed by atoms with E-state index in [1.165, 1.54) is 0 Å². The van der Waals surface area contributed by atoms with Crippen molar-refractivity contribution in [1.29, 1.82) is 0 Å². The summed E-state index contributed by atoms with van der Waals surface area (Å²) in [7, 11) is 1.64. The third-order valence-electron chi connectivity index (χ3n) is 3.52. The van der Waals surface area contributed by atoms with E-state index < -0.39 is 0 Å². The number of benzene rings is 1. The first kappa shape index (κ1) is 15.5. The summed E-state index contributed by atoms with van der Waals surface area (Å²) in [6.07, 6.45) is 1.73. The van der Waals surface area contributed by atoms with Gasteiger partial charge in [0.1, 0.15) is 18.1 Å². The Morgan fingerprint density at radius 3 is 3.00 bits per heavy atom. The zero-order chi connectivity index (χ0) is 15.2. The second-order valence-electron chi connectivity index (χ2n) is 5.77. The Morgan fingerprint density at radius 2 is 2.29 bits per heavy atom. The maximum absolute atomic E-state index is 11.8. The number of ether oxygens (including phenoxy) is 2. The lowest BCUT2D eigenvalue weighted by Crippen LogP contribution is -2.47. The van der Waals surface area contributed by atoms with Gasteiger partial charge in [0.05, 0.1) is 13.2 Å². The van der Waals surface area contributed by atoms with Gasteiger partial charge in [-0.25, -0.2) is 4.79 Å². The minimum absolute atomic E-state index is 0.0105. The van der Waals surface area contributed by atoms with Crippen LogP contribution in [0, 0.1) is 5.92 Å². The van der Waals surface area contributed by atoms with E-state index in [0.717, 1.165) is 29.9 Å². The molecule has 0 saturated heterocycles. The lowest BCUT2D eigenvalue weighted by molar-refractivity contribution is 0.214. The third kappa shape index (κ3) is 4.55. The van der Waals surface area contributed by atoms with Gasteiger partial charge in [-0.3, -0.25) is 0 Å². The number of carbonyl (C=O) groups is 1. The Bertz CT molecular complexity index is 488. The molecule has 1 aromatic rings. The predicted octanol–water partition coefficient (Wildman–Crippen LogP) is 2.34. The second kappa shape index (κ2) is 7.20. The Morgan fingerprint density at radius 1 is 1.48 bits per heavy atom. The minimum Gasteiger partial charge on any atom is -0.497 e. The summed E-state index contributed by atoms with van der Waals surface area (Å²) >= 11 is 0. The molecule has 1 aromatic carbocycles. The Balaban J connectivity index is 1.84. The van der Waals surface area contributed by atoms with Crippen LogP contribution in [-0.2, 0) is 6.42 Å². The van der Waals surface area contributed by atoms with Gasteiger partial charge in [0, 0.05) is 6.54 Å². The summed E-state index contributed by atoms with van der Waals surface area (Å²) in [5.74, 6) is 2.26. The van der Waals surface area contributed by atoms with Crippen molar-refractivity contribution in [2.75, 3.05) is 20.3 Å². The molecule has 0 fully saturated rings. The zero-order valence-electron chi connectivity index (χ0n) is 12.9. The number of hydrogen-bond acceptors (Lipinski definition) is 3. The first-order valence-corrected chi connectivity index (χ1v) is 7.42. The SMILES string of the molecule is COc1ccc2c(c1)C[C@H](NC(=O)NCCC(C)C)CO2. The molecule has 21 heavy (non-hydrogen) atoms. The highest BCUT2D eigenvalue weighted by atomic mass is 16.5. The average Bonchev–Trinajstić information content (AvgIpc) is 2.46. The number of rotatable bonds is 5. The second-order valence-corrected chi connectivity index (χ2v) is 5.77. The molecule has 116 valence electrons. The van der Waals surface area contributed by atoms with E-state index in [0.29, 0.717) is 19.1 Å². The van der Waals surface area contributed by atoms with E-state index in [2.05, 4.69) is 24.5 Å². The molecule has 5 heteroatoms. The van der Waals surface area contributed by atoms with Gasteiger partial charge in [-0.15, -0.1) is 0 Å². The summed E-state index contributed by atoms with van der Waals surface area (Å²) in [4.78, 5) is 11.8. The van der Waals surface area contributed by atoms with Gasteiger partial charge in [0.15, 0.2) is 0 Å². The van der Waals surface area contributed by atoms with Gasteiger partial charge in [-0.1, -0.05) is 13.8 Å². The molecular weight excluding hydrogens is 268 g/mol. The number of amides is 2. The average molecular weight is 292 g/mol. The van der Waals surface area contributed by atoms with Gasteiger partial charge in [-0.2, -0.15) is 0 Å². The van der Waals surface area contributed by atoms with Crippen LogP contribution >= 0.6 is 0 Å². The first-order valence-electron chi connectivity index (χ1n) is 7.42. The summed E-state index contributed by atoms with van der Waals surface area (Å²) in [5.41, 5.74) is 1.06. The smallest absolute Gasteiger partial charge is 0.315 e. The summed E-state index contributed by atoms with van der Waals surface area (Å²) in [5, 5.41) is 5.83. The van der Waals surface area contributed by atoms with E-state index >= 15 is 0 Å². The fraction of sp³-hybridized carbons (Fsp3) is 0.562. The van der Waals surface area contributed by atoms with Gasteiger partial charge in [0.25, 0.3) is 0 Å². The highest BCUT2D eigenvalue weighted by Crippen LogP contribution is 2.28. The molecule has 0 spiro atoms. The number of urea groups is 1. The van der Waals surface area contributed by atoms with Crippen molar-refractivity contribution in [3.8, 4) is 11.5 Å². The molecule has 0 radical (unpaired) electrons. The largest absolute Gasteiger partial charge is 0.497 e. The van der Waals surface area contributed by atoms with Crippen molar-refractivity contribution in [3.05, 3.63) is 23.8 Å². The lowest BCUT2D eigenvalue weighted by Gasteiger charge is -2.26. The number of carbonyl (C=O) groups excluding carboxylic acids is 1. The van der Waals surface area contributed by atoms with E-state index in [9.17, 15) is 4.79 Å². The standard InChI is InChI=1S/C16H24N2O3/c1-11(2)6-7-17-16(19)18-13-8-12-9-14(20-3)4-5-15(12)21-10-13/h4-5,9,11,13H,6-8,10H2,1-3H3,(H2,17,18,19)/t13-/m0/s1. The molecule has 2 N–H and O–H groups in total. The Hall–Kier alpha value is -1.91. The number of fused-ring (bicyclic) bond motifs is 1. The molecule has 0 aromatic heterocycles. The van der Waals surface area contributed by atoms with Crippen LogP contribution < -0.4 is 20.1 Å². The normalized spacial score (nSPS) is 16.9. The molecule has 1 aliphatic rings. The van der Waals surface area contributed by atoms with Crippen molar-refractivity contribution in [1.82, 2.24) is 10.6 Å². The number of methoxy groups -OCH3 is 1. The molecule has 2 amide bonds.